The Kier molecular flexibility index (Phi) is 2.43. The van der Waals surface area contributed by atoms with Gasteiger partial charge in [0.25, 0.3) is 0 Å². The SMILES string of the molecule is O=C(N[C@@H]1CCCNC1)C1C2CCCC21. The Morgan fingerprint density at radius 2 is 1.93 bits per heavy atom. The average molecular weight is 208 g/mol. The van der Waals surface area contributed by atoms with Gasteiger partial charge in [-0.2, -0.15) is 0 Å². The number of piperidine rings is 1. The fourth-order valence-electron chi connectivity index (χ4n) is 3.48. The highest BCUT2D eigenvalue weighted by atomic mass is 16.2. The summed E-state index contributed by atoms with van der Waals surface area (Å²) in [4.78, 5) is 11.9. The van der Waals surface area contributed by atoms with Crippen molar-refractivity contribution >= 4 is 5.91 Å². The molecule has 15 heavy (non-hydrogen) atoms. The number of hydrogen-bond donors (Lipinski definition) is 2. The lowest BCUT2D eigenvalue weighted by atomic mass is 10.1. The van der Waals surface area contributed by atoms with Crippen LogP contribution in [0.3, 0.4) is 0 Å². The van der Waals surface area contributed by atoms with Crippen LogP contribution in [0.25, 0.3) is 0 Å². The molecule has 0 radical (unpaired) electrons. The van der Waals surface area contributed by atoms with Crippen LogP contribution in [0.2, 0.25) is 0 Å². The summed E-state index contributed by atoms with van der Waals surface area (Å²) >= 11 is 0. The van der Waals surface area contributed by atoms with Gasteiger partial charge in [-0.15, -0.1) is 0 Å². The fraction of sp³-hybridized carbons (Fsp3) is 0.917. The average Bonchev–Trinajstić information content (AvgIpc) is 2.75. The largest absolute Gasteiger partial charge is 0.352 e. The molecule has 84 valence electrons. The van der Waals surface area contributed by atoms with E-state index in [1.807, 2.05) is 0 Å². The van der Waals surface area contributed by atoms with Crippen LogP contribution in [0.5, 0.6) is 0 Å². The van der Waals surface area contributed by atoms with Crippen LogP contribution < -0.4 is 10.6 Å². The Morgan fingerprint density at radius 1 is 1.13 bits per heavy atom. The molecule has 0 aromatic rings. The van der Waals surface area contributed by atoms with E-state index >= 15 is 0 Å². The molecule has 2 N–H and O–H groups in total. The highest BCUT2D eigenvalue weighted by Crippen LogP contribution is 2.57. The summed E-state index contributed by atoms with van der Waals surface area (Å²) < 4.78 is 0. The predicted octanol–water partition coefficient (Wildman–Crippen LogP) is 0.901. The zero-order valence-electron chi connectivity index (χ0n) is 9.17. The minimum atomic E-state index is 0.346. The van der Waals surface area contributed by atoms with Crippen molar-refractivity contribution in [3.63, 3.8) is 0 Å². The summed E-state index contributed by atoms with van der Waals surface area (Å²) in [7, 11) is 0. The van der Waals surface area contributed by atoms with E-state index in [1.54, 1.807) is 0 Å². The van der Waals surface area contributed by atoms with E-state index in [1.165, 1.54) is 25.7 Å². The van der Waals surface area contributed by atoms with Crippen LogP contribution in [-0.2, 0) is 4.79 Å². The van der Waals surface area contributed by atoms with Gasteiger partial charge in [-0.25, -0.2) is 0 Å². The van der Waals surface area contributed by atoms with E-state index in [-0.39, 0.29) is 0 Å². The Balaban J connectivity index is 1.49. The molecule has 3 nitrogen and oxygen atoms in total. The molecular weight excluding hydrogens is 188 g/mol. The standard InChI is InChI=1S/C12H20N2O/c15-12(11-9-4-1-5-10(9)11)14-8-3-2-6-13-7-8/h8-11,13H,1-7H2,(H,14,15)/t8-,9?,10?,11?/m1/s1. The maximum absolute atomic E-state index is 11.9. The van der Waals surface area contributed by atoms with Crippen LogP contribution in [-0.4, -0.2) is 25.0 Å². The molecule has 3 rings (SSSR count). The zero-order valence-corrected chi connectivity index (χ0v) is 9.17. The minimum Gasteiger partial charge on any atom is -0.352 e. The maximum Gasteiger partial charge on any atom is 0.223 e. The molecule has 1 amide bonds. The highest BCUT2D eigenvalue weighted by molar-refractivity contribution is 5.82. The lowest BCUT2D eigenvalue weighted by Gasteiger charge is -2.24. The Hall–Kier alpha value is -0.570. The third-order valence-corrected chi connectivity index (χ3v) is 4.35. The highest BCUT2D eigenvalue weighted by Gasteiger charge is 2.56. The Bertz CT molecular complexity index is 250. The molecular formula is C12H20N2O. The van der Waals surface area contributed by atoms with Gasteiger partial charge in [-0.05, 0) is 44.1 Å². The second kappa shape index (κ2) is 3.78. The molecule has 0 spiro atoms. The number of fused-ring (bicyclic) bond motifs is 1. The smallest absolute Gasteiger partial charge is 0.223 e. The van der Waals surface area contributed by atoms with Gasteiger partial charge in [-0.3, -0.25) is 4.79 Å². The van der Waals surface area contributed by atoms with Crippen LogP contribution in [0, 0.1) is 17.8 Å². The number of hydrogen-bond acceptors (Lipinski definition) is 2. The summed E-state index contributed by atoms with van der Waals surface area (Å²) in [6, 6.07) is 0.396. The quantitative estimate of drug-likeness (QED) is 0.708. The molecule has 1 saturated heterocycles. The molecule has 0 aromatic carbocycles. The topological polar surface area (TPSA) is 41.1 Å². The molecule has 1 heterocycles. The van der Waals surface area contributed by atoms with E-state index in [9.17, 15) is 4.79 Å². The fourth-order valence-corrected chi connectivity index (χ4v) is 3.48. The molecule has 1 aliphatic heterocycles. The number of amides is 1. The molecule has 0 bridgehead atoms. The Morgan fingerprint density at radius 3 is 2.60 bits per heavy atom. The first kappa shape index (κ1) is 9.64. The van der Waals surface area contributed by atoms with Crippen molar-refractivity contribution in [3.8, 4) is 0 Å². The van der Waals surface area contributed by atoms with E-state index in [0.717, 1.165) is 31.3 Å². The van der Waals surface area contributed by atoms with Crippen molar-refractivity contribution in [2.75, 3.05) is 13.1 Å². The van der Waals surface area contributed by atoms with Crippen molar-refractivity contribution in [1.29, 1.82) is 0 Å². The first-order valence-corrected chi connectivity index (χ1v) is 6.37. The lowest BCUT2D eigenvalue weighted by Crippen LogP contribution is -2.46. The minimum absolute atomic E-state index is 0.346. The van der Waals surface area contributed by atoms with E-state index in [0.29, 0.717) is 17.9 Å². The van der Waals surface area contributed by atoms with Crippen molar-refractivity contribution in [2.24, 2.45) is 17.8 Å². The zero-order chi connectivity index (χ0) is 10.3. The first-order chi connectivity index (χ1) is 7.36. The number of carbonyl (C=O) groups excluding carboxylic acids is 1. The third kappa shape index (κ3) is 1.78. The maximum atomic E-state index is 11.9. The van der Waals surface area contributed by atoms with E-state index in [2.05, 4.69) is 10.6 Å². The molecule has 3 fully saturated rings. The van der Waals surface area contributed by atoms with Gasteiger partial charge >= 0.3 is 0 Å². The van der Waals surface area contributed by atoms with E-state index < -0.39 is 0 Å². The van der Waals surface area contributed by atoms with Crippen molar-refractivity contribution < 1.29 is 4.79 Å². The van der Waals surface area contributed by atoms with Crippen molar-refractivity contribution in [2.45, 2.75) is 38.1 Å². The summed E-state index contributed by atoms with van der Waals surface area (Å²) in [6.45, 7) is 2.08. The van der Waals surface area contributed by atoms with Crippen molar-refractivity contribution in [1.82, 2.24) is 10.6 Å². The second-order valence-corrected chi connectivity index (χ2v) is 5.34. The predicted molar refractivity (Wildman–Crippen MR) is 58.4 cm³/mol. The first-order valence-electron chi connectivity index (χ1n) is 6.37. The monoisotopic (exact) mass is 208 g/mol. The molecule has 3 atom stereocenters. The van der Waals surface area contributed by atoms with Gasteiger partial charge in [0.15, 0.2) is 0 Å². The summed E-state index contributed by atoms with van der Waals surface area (Å²) in [5.41, 5.74) is 0. The summed E-state index contributed by atoms with van der Waals surface area (Å²) in [5, 5.41) is 6.54. The van der Waals surface area contributed by atoms with Gasteiger partial charge in [0.05, 0.1) is 0 Å². The van der Waals surface area contributed by atoms with Crippen molar-refractivity contribution in [3.05, 3.63) is 0 Å². The van der Waals surface area contributed by atoms with Gasteiger partial charge in [0.2, 0.25) is 5.91 Å². The molecule has 3 aliphatic rings. The third-order valence-electron chi connectivity index (χ3n) is 4.35. The van der Waals surface area contributed by atoms with Crippen LogP contribution in [0.15, 0.2) is 0 Å². The van der Waals surface area contributed by atoms with Gasteiger partial charge in [-0.1, -0.05) is 6.42 Å². The molecule has 3 heteroatoms. The summed E-state index contributed by atoms with van der Waals surface area (Å²) in [6.07, 6.45) is 6.30. The molecule has 2 unspecified atom stereocenters. The van der Waals surface area contributed by atoms with Gasteiger partial charge < -0.3 is 10.6 Å². The molecule has 0 aromatic heterocycles. The normalized spacial score (nSPS) is 43.5. The number of rotatable bonds is 2. The molecule has 2 saturated carbocycles. The molecule has 2 aliphatic carbocycles. The van der Waals surface area contributed by atoms with Crippen LogP contribution >= 0.6 is 0 Å². The number of nitrogens with one attached hydrogen (secondary N) is 2. The van der Waals surface area contributed by atoms with E-state index in [4.69, 9.17) is 0 Å². The summed E-state index contributed by atoms with van der Waals surface area (Å²) in [5.74, 6) is 2.24. The van der Waals surface area contributed by atoms with Crippen LogP contribution in [0.1, 0.15) is 32.1 Å². The Labute approximate surface area is 91.0 Å². The number of carbonyl (C=O) groups is 1. The van der Waals surface area contributed by atoms with Crippen LogP contribution in [0.4, 0.5) is 0 Å². The lowest BCUT2D eigenvalue weighted by molar-refractivity contribution is -0.123. The second-order valence-electron chi connectivity index (χ2n) is 5.34. The van der Waals surface area contributed by atoms with Gasteiger partial charge in [0, 0.05) is 18.5 Å². The van der Waals surface area contributed by atoms with Gasteiger partial charge in [0.1, 0.15) is 0 Å².